The Morgan fingerprint density at radius 3 is 2.35 bits per heavy atom. The smallest absolute Gasteiger partial charge is 0.322 e. The first-order valence-electron chi connectivity index (χ1n) is 9.16. The fourth-order valence-electron chi connectivity index (χ4n) is 2.79. The molecule has 26 heavy (non-hydrogen) atoms. The fraction of sp³-hybridized carbons (Fsp3) is 0.333. The summed E-state index contributed by atoms with van der Waals surface area (Å²) < 4.78 is 0. The molecule has 0 atom stereocenters. The topological polar surface area (TPSA) is 61.4 Å². The molecule has 1 aliphatic carbocycles. The second-order valence-corrected chi connectivity index (χ2v) is 6.68. The van der Waals surface area contributed by atoms with Crippen LogP contribution in [-0.4, -0.2) is 23.4 Å². The summed E-state index contributed by atoms with van der Waals surface area (Å²) in [6.07, 6.45) is 2.82. The van der Waals surface area contributed by atoms with Crippen LogP contribution in [0.25, 0.3) is 0 Å². The van der Waals surface area contributed by atoms with E-state index in [0.717, 1.165) is 24.8 Å². The third kappa shape index (κ3) is 5.09. The van der Waals surface area contributed by atoms with E-state index in [2.05, 4.69) is 17.6 Å². The minimum absolute atomic E-state index is 0.0603. The van der Waals surface area contributed by atoms with Gasteiger partial charge in [-0.05, 0) is 43.0 Å². The molecule has 0 radical (unpaired) electrons. The monoisotopic (exact) mass is 351 g/mol. The molecule has 136 valence electrons. The Morgan fingerprint density at radius 1 is 1.00 bits per heavy atom. The number of carbonyl (C=O) groups excluding carboxylic acids is 2. The van der Waals surface area contributed by atoms with Gasteiger partial charge in [-0.15, -0.1) is 0 Å². The molecule has 3 rings (SSSR count). The molecular weight excluding hydrogens is 326 g/mol. The van der Waals surface area contributed by atoms with Gasteiger partial charge in [-0.25, -0.2) is 4.79 Å². The van der Waals surface area contributed by atoms with Gasteiger partial charge in [0.25, 0.3) is 0 Å². The van der Waals surface area contributed by atoms with Crippen LogP contribution in [0.2, 0.25) is 0 Å². The molecule has 1 fully saturated rings. The maximum atomic E-state index is 12.7. The van der Waals surface area contributed by atoms with Crippen LogP contribution < -0.4 is 10.6 Å². The highest BCUT2D eigenvalue weighted by molar-refractivity contribution is 5.95. The van der Waals surface area contributed by atoms with Crippen LogP contribution in [-0.2, 0) is 11.3 Å². The van der Waals surface area contributed by atoms with E-state index in [-0.39, 0.29) is 17.9 Å². The first-order valence-corrected chi connectivity index (χ1v) is 9.16. The lowest BCUT2D eigenvalue weighted by molar-refractivity contribution is -0.117. The predicted molar refractivity (Wildman–Crippen MR) is 104 cm³/mol. The van der Waals surface area contributed by atoms with Gasteiger partial charge in [0.05, 0.1) is 0 Å². The van der Waals surface area contributed by atoms with Crippen LogP contribution >= 0.6 is 0 Å². The van der Waals surface area contributed by atoms with Crippen molar-refractivity contribution in [1.29, 1.82) is 0 Å². The molecule has 0 aliphatic heterocycles. The van der Waals surface area contributed by atoms with Gasteiger partial charge in [0, 0.05) is 30.4 Å². The van der Waals surface area contributed by atoms with E-state index < -0.39 is 0 Å². The summed E-state index contributed by atoms with van der Waals surface area (Å²) in [4.78, 5) is 26.4. The van der Waals surface area contributed by atoms with Gasteiger partial charge in [0.2, 0.25) is 5.91 Å². The number of benzene rings is 2. The predicted octanol–water partition coefficient (Wildman–Crippen LogP) is 4.48. The molecule has 3 amide bonds. The lowest BCUT2D eigenvalue weighted by Gasteiger charge is -2.23. The van der Waals surface area contributed by atoms with Crippen molar-refractivity contribution in [3.63, 3.8) is 0 Å². The normalized spacial score (nSPS) is 13.1. The average Bonchev–Trinajstić information content (AvgIpc) is 3.48. The Morgan fingerprint density at radius 2 is 1.69 bits per heavy atom. The van der Waals surface area contributed by atoms with Crippen molar-refractivity contribution < 1.29 is 9.59 Å². The van der Waals surface area contributed by atoms with E-state index in [1.165, 1.54) is 0 Å². The maximum absolute atomic E-state index is 12.7. The number of anilines is 2. The van der Waals surface area contributed by atoms with Gasteiger partial charge in [0.15, 0.2) is 0 Å². The molecule has 0 bridgehead atoms. The summed E-state index contributed by atoms with van der Waals surface area (Å²) in [6, 6.07) is 17.1. The number of hydrogen-bond donors (Lipinski definition) is 2. The molecule has 0 heterocycles. The zero-order chi connectivity index (χ0) is 18.4. The van der Waals surface area contributed by atoms with Crippen molar-refractivity contribution in [3.05, 3.63) is 60.2 Å². The SMILES string of the molecule is CCCN(Cc1ccccc1)C(=O)Nc1cccc(NC(=O)C2CC2)c1. The third-order valence-corrected chi connectivity index (χ3v) is 4.33. The van der Waals surface area contributed by atoms with Crippen LogP contribution in [0.1, 0.15) is 31.7 Å². The summed E-state index contributed by atoms with van der Waals surface area (Å²) in [6.45, 7) is 3.30. The maximum Gasteiger partial charge on any atom is 0.322 e. The average molecular weight is 351 g/mol. The van der Waals surface area contributed by atoms with Crippen molar-refractivity contribution in [2.75, 3.05) is 17.2 Å². The lowest BCUT2D eigenvalue weighted by Crippen LogP contribution is -2.35. The highest BCUT2D eigenvalue weighted by atomic mass is 16.2. The zero-order valence-electron chi connectivity index (χ0n) is 15.1. The molecular formula is C21H25N3O2. The van der Waals surface area contributed by atoms with Gasteiger partial charge >= 0.3 is 6.03 Å². The van der Waals surface area contributed by atoms with E-state index in [0.29, 0.717) is 24.5 Å². The standard InChI is InChI=1S/C21H25N3O2/c1-2-13-24(15-16-7-4-3-5-8-16)21(26)23-19-10-6-9-18(14-19)22-20(25)17-11-12-17/h3-10,14,17H,2,11-13,15H2,1H3,(H,22,25)(H,23,26). The van der Waals surface area contributed by atoms with Crippen molar-refractivity contribution in [2.45, 2.75) is 32.7 Å². The van der Waals surface area contributed by atoms with Crippen molar-refractivity contribution in [1.82, 2.24) is 4.90 Å². The van der Waals surface area contributed by atoms with Gasteiger partial charge in [0.1, 0.15) is 0 Å². The Bertz CT molecular complexity index is 757. The fourth-order valence-corrected chi connectivity index (χ4v) is 2.79. The summed E-state index contributed by atoms with van der Waals surface area (Å²) in [5, 5.41) is 5.85. The van der Waals surface area contributed by atoms with Crippen molar-refractivity contribution >= 4 is 23.3 Å². The molecule has 2 aromatic carbocycles. The Hall–Kier alpha value is -2.82. The van der Waals surface area contributed by atoms with Crippen LogP contribution in [0.4, 0.5) is 16.2 Å². The molecule has 1 aliphatic rings. The molecule has 0 aromatic heterocycles. The van der Waals surface area contributed by atoms with Gasteiger partial charge in [-0.1, -0.05) is 43.3 Å². The van der Waals surface area contributed by atoms with E-state index in [4.69, 9.17) is 0 Å². The number of amides is 3. The molecule has 5 heteroatoms. The first kappa shape index (κ1) is 18.0. The van der Waals surface area contributed by atoms with E-state index >= 15 is 0 Å². The number of nitrogens with zero attached hydrogens (tertiary/aromatic N) is 1. The van der Waals surface area contributed by atoms with E-state index in [1.54, 1.807) is 11.0 Å². The van der Waals surface area contributed by atoms with E-state index in [1.807, 2.05) is 48.5 Å². The quantitative estimate of drug-likeness (QED) is 0.772. The largest absolute Gasteiger partial charge is 0.326 e. The number of carbonyl (C=O) groups is 2. The molecule has 2 aromatic rings. The van der Waals surface area contributed by atoms with Crippen molar-refractivity contribution in [2.24, 2.45) is 5.92 Å². The summed E-state index contributed by atoms with van der Waals surface area (Å²) in [5.41, 5.74) is 2.49. The van der Waals surface area contributed by atoms with Crippen LogP contribution in [0.5, 0.6) is 0 Å². The number of rotatable bonds is 7. The van der Waals surface area contributed by atoms with Crippen molar-refractivity contribution in [3.8, 4) is 0 Å². The van der Waals surface area contributed by atoms with Crippen LogP contribution in [0, 0.1) is 5.92 Å². The zero-order valence-corrected chi connectivity index (χ0v) is 15.1. The number of urea groups is 1. The Labute approximate surface area is 154 Å². The summed E-state index contributed by atoms with van der Waals surface area (Å²) in [7, 11) is 0. The number of hydrogen-bond acceptors (Lipinski definition) is 2. The van der Waals surface area contributed by atoms with E-state index in [9.17, 15) is 9.59 Å². The molecule has 0 unspecified atom stereocenters. The van der Waals surface area contributed by atoms with Gasteiger partial charge in [-0.3, -0.25) is 4.79 Å². The molecule has 5 nitrogen and oxygen atoms in total. The minimum Gasteiger partial charge on any atom is -0.326 e. The minimum atomic E-state index is -0.138. The third-order valence-electron chi connectivity index (χ3n) is 4.33. The highest BCUT2D eigenvalue weighted by Crippen LogP contribution is 2.30. The van der Waals surface area contributed by atoms with Crippen LogP contribution in [0.15, 0.2) is 54.6 Å². The molecule has 1 saturated carbocycles. The highest BCUT2D eigenvalue weighted by Gasteiger charge is 2.29. The van der Waals surface area contributed by atoms with Crippen LogP contribution in [0.3, 0.4) is 0 Å². The lowest BCUT2D eigenvalue weighted by atomic mass is 10.2. The van der Waals surface area contributed by atoms with Gasteiger partial charge < -0.3 is 15.5 Å². The summed E-state index contributed by atoms with van der Waals surface area (Å²) >= 11 is 0. The molecule has 0 saturated heterocycles. The second-order valence-electron chi connectivity index (χ2n) is 6.68. The first-order chi connectivity index (χ1) is 12.7. The second kappa shape index (κ2) is 8.52. The Balaban J connectivity index is 1.63. The molecule has 2 N–H and O–H groups in total. The Kier molecular flexibility index (Phi) is 5.89. The molecule has 0 spiro atoms. The summed E-state index contributed by atoms with van der Waals surface area (Å²) in [5.74, 6) is 0.212. The van der Waals surface area contributed by atoms with Gasteiger partial charge in [-0.2, -0.15) is 0 Å². The number of nitrogens with one attached hydrogen (secondary N) is 2.